The average Bonchev–Trinajstić information content (AvgIpc) is 0.764. The Bertz CT molecular complexity index is 5530. The van der Waals surface area contributed by atoms with Crippen LogP contribution in [-0.2, 0) is 70.3 Å². The Morgan fingerprint density at radius 3 is 1.96 bits per heavy atom. The molecule has 14 rings (SSSR count). The molecule has 1 aromatic heterocycles. The van der Waals surface area contributed by atoms with Crippen LogP contribution in [0.5, 0.6) is 51.7 Å². The van der Waals surface area contributed by atoms with Crippen LogP contribution in [-0.4, -0.2) is 220 Å². The Kier molecular flexibility index (Phi) is 29.5. The fraction of sp³-hybridized carbons (Fsp3) is 0.390. The van der Waals surface area contributed by atoms with Gasteiger partial charge in [0.2, 0.25) is 59.3 Å². The number of aliphatic hydroxyl groups is 6. The lowest BCUT2D eigenvalue weighted by molar-refractivity contribution is -0.334. The van der Waals surface area contributed by atoms with Crippen LogP contribution in [0, 0.1) is 5.92 Å². The minimum Gasteiger partial charge on any atom is -0.508 e. The van der Waals surface area contributed by atoms with Gasteiger partial charge in [-0.3, -0.25) is 53.1 Å². The van der Waals surface area contributed by atoms with E-state index in [1.807, 2.05) is 10.9 Å². The second kappa shape index (κ2) is 39.9. The Morgan fingerprint density at radius 1 is 0.713 bits per heavy atom. The normalized spacial score (nSPS) is 25.5. The molecule has 690 valence electrons. The van der Waals surface area contributed by atoms with Gasteiger partial charge in [0.25, 0.3) is 5.91 Å². The summed E-state index contributed by atoms with van der Waals surface area (Å²) >= 11 is 14.3. The Labute approximate surface area is 738 Å². The maximum atomic E-state index is 16.3. The highest BCUT2D eigenvalue weighted by molar-refractivity contribution is 6.32. The van der Waals surface area contributed by atoms with Crippen molar-refractivity contribution in [3.63, 3.8) is 0 Å². The number of likely N-dealkylation sites (N-methyl/N-ethyl adjacent to an activating group) is 1. The van der Waals surface area contributed by atoms with E-state index in [2.05, 4.69) is 57.6 Å². The summed E-state index contributed by atoms with van der Waals surface area (Å²) in [5, 5.41) is 129. The number of fused-ring (bicyclic) bond motifs is 15. The molecular weight excluding hydrogens is 1750 g/mol. The van der Waals surface area contributed by atoms with Gasteiger partial charge < -0.3 is 138 Å². The first-order chi connectivity index (χ1) is 61.0. The van der Waals surface area contributed by atoms with Crippen molar-refractivity contribution in [3.8, 4) is 62.9 Å². The number of aromatic nitrogens is 2. The number of anilines is 1. The van der Waals surface area contributed by atoms with Crippen molar-refractivity contribution >= 4 is 88.2 Å². The van der Waals surface area contributed by atoms with E-state index in [1.165, 1.54) is 44.4 Å². The lowest BCUT2D eigenvalue weighted by atomic mass is 9.85. The van der Waals surface area contributed by atoms with Gasteiger partial charge in [0.05, 0.1) is 47.7 Å². The summed E-state index contributed by atoms with van der Waals surface area (Å²) in [6.07, 6.45) is -24.1. The number of urea groups is 1. The van der Waals surface area contributed by atoms with Crippen molar-refractivity contribution in [2.45, 2.75) is 176 Å². The van der Waals surface area contributed by atoms with Crippen molar-refractivity contribution < 1.29 is 140 Å². The number of hydrogen-bond donors (Lipinski definition) is 22. The van der Waals surface area contributed by atoms with E-state index in [1.54, 1.807) is 20.8 Å². The zero-order valence-electron chi connectivity index (χ0n) is 68.6. The van der Waals surface area contributed by atoms with E-state index in [9.17, 15) is 87.9 Å². The quantitative estimate of drug-likeness (QED) is 0.0440. The third kappa shape index (κ3) is 22.3. The van der Waals surface area contributed by atoms with Crippen molar-refractivity contribution in [1.82, 2.24) is 62.9 Å². The minimum atomic E-state index is -4.95. The third-order valence-electron chi connectivity index (χ3n) is 21.6. The number of halogens is 5. The molecule has 7 aliphatic rings. The molecular formula is C82H90Cl2F3N15O27. The molecule has 2 fully saturated rings. The van der Waals surface area contributed by atoms with Crippen molar-refractivity contribution in [2.75, 3.05) is 25.5 Å². The van der Waals surface area contributed by atoms with Gasteiger partial charge in [-0.1, -0.05) is 67.4 Å². The van der Waals surface area contributed by atoms with Gasteiger partial charge in [-0.25, -0.2) is 15.0 Å². The summed E-state index contributed by atoms with van der Waals surface area (Å²) in [7, 11) is 1.45. The molecule has 0 saturated carbocycles. The zero-order chi connectivity index (χ0) is 93.7. The summed E-state index contributed by atoms with van der Waals surface area (Å²) in [6, 6.07) is 2.93. The monoisotopic (exact) mass is 1840 g/mol. The number of ether oxygens (including phenoxy) is 7. The van der Waals surface area contributed by atoms with Crippen LogP contribution >= 0.6 is 23.2 Å². The molecule has 42 nitrogen and oxygen atoms in total. The van der Waals surface area contributed by atoms with Gasteiger partial charge in [0.15, 0.2) is 23.9 Å². The van der Waals surface area contributed by atoms with Gasteiger partial charge in [-0.05, 0) is 139 Å². The van der Waals surface area contributed by atoms with Crippen molar-refractivity contribution in [3.05, 3.63) is 169 Å². The fourth-order valence-electron chi connectivity index (χ4n) is 15.2. The summed E-state index contributed by atoms with van der Waals surface area (Å²) in [5.74, 6) is -17.8. The molecule has 6 aromatic carbocycles. The second-order valence-electron chi connectivity index (χ2n) is 31.4. The number of carbonyl (C=O) groups excluding carboxylic acids is 10. The highest BCUT2D eigenvalue weighted by Gasteiger charge is 2.53. The molecule has 8 heterocycles. The van der Waals surface area contributed by atoms with Gasteiger partial charge in [-0.15, -0.1) is 13.2 Å². The van der Waals surface area contributed by atoms with Crippen LogP contribution in [0.2, 0.25) is 10.0 Å². The first-order valence-electron chi connectivity index (χ1n) is 39.7. The van der Waals surface area contributed by atoms with Crippen LogP contribution in [0.3, 0.4) is 0 Å². The number of nitrogens with two attached hydrogens (primary N) is 2. The largest absolute Gasteiger partial charge is 0.573 e. The van der Waals surface area contributed by atoms with Crippen LogP contribution in [0.15, 0.2) is 120 Å². The number of benzene rings is 6. The molecule has 11 bridgehead atoms. The molecule has 18 atom stereocenters. The predicted octanol–water partition coefficient (Wildman–Crippen LogP) is 0.689. The molecule has 2 unspecified atom stereocenters. The fourth-order valence-corrected chi connectivity index (χ4v) is 15.6. The van der Waals surface area contributed by atoms with Crippen molar-refractivity contribution in [2.24, 2.45) is 17.4 Å². The third-order valence-corrected chi connectivity index (χ3v) is 22.2. The van der Waals surface area contributed by atoms with E-state index in [0.717, 1.165) is 89.5 Å². The molecule has 24 N–H and O–H groups in total. The van der Waals surface area contributed by atoms with Gasteiger partial charge in [-0.2, -0.15) is 4.98 Å². The summed E-state index contributed by atoms with van der Waals surface area (Å²) in [4.78, 5) is 162. The summed E-state index contributed by atoms with van der Waals surface area (Å²) < 4.78 is 82.5. The Morgan fingerprint density at radius 2 is 1.35 bits per heavy atom. The number of nitrogens with one attached hydrogen (secondary N) is 11. The Hall–Kier alpha value is -12.8. The maximum Gasteiger partial charge on any atom is 0.573 e. The predicted molar refractivity (Wildman–Crippen MR) is 440 cm³/mol. The smallest absolute Gasteiger partial charge is 0.508 e. The minimum absolute atomic E-state index is 0.108. The van der Waals surface area contributed by atoms with Gasteiger partial charge >= 0.3 is 18.1 Å². The molecule has 2 saturated heterocycles. The standard InChI is InChI=1S/C82H90Cl2F3N15O27/c1-32(2)20-45(90-5)71(114)98-62-64(109)36-9-14-49(43(83)23-36)124-51-25-38-26-52(68(51)128-78-69(67(112)66(111)53(31-103)126-78)127-57-30-81(4,70(113)33(3)123-57)91-17-19-102-18-16-55(94-80(102)122)93-56(108)21-34-6-11-40(12-7-34)129-82(85,86)87)125-50-15-10-37(24-44(50)84)65(110)63-76(119)97-61(77(120)100-101-79(89)121)42-27-39(104)28-48(106)58(42)41-22-35(8-13-47(41)105)59(73(116)99-63)96-74(117)60(38)95-72(115)46(29-54(88)107)92-75(62)118/h6-16,18,22-28,32-33,45-46,53,57,59-67,69-70,78,90-91,103-106,109-113H,17,19-21,29-31H2,1-5H3,(H2,88,107)(H,92,118)(H,95,115)(H,96,117)(H,97,119)(H,98,114)(H,99,116)(H,100,120)(H3,89,101,121)(H,93,94,108,122)/t33-,45+,46?,53+,57-,59+,60?,61+,62+,63-,64+,65+,66+,67-,69+,70+,78-,81-/m0/s1. The number of carbonyl (C=O) groups is 10. The van der Waals surface area contributed by atoms with E-state index in [-0.39, 0.29) is 55.2 Å². The summed E-state index contributed by atoms with van der Waals surface area (Å²) in [6.45, 7) is 5.28. The highest BCUT2D eigenvalue weighted by atomic mass is 35.5. The molecule has 7 aromatic rings. The molecule has 0 spiro atoms. The van der Waals surface area contributed by atoms with E-state index in [4.69, 9.17) is 63.1 Å². The molecule has 129 heavy (non-hydrogen) atoms. The highest BCUT2D eigenvalue weighted by Crippen LogP contribution is 2.50. The number of phenolic OH excluding ortho intramolecular Hbond substituents is 3. The van der Waals surface area contributed by atoms with Crippen LogP contribution in [0.4, 0.5) is 23.8 Å². The van der Waals surface area contributed by atoms with E-state index >= 15 is 24.0 Å². The van der Waals surface area contributed by atoms with Gasteiger partial charge in [0.1, 0.15) is 107 Å². The van der Waals surface area contributed by atoms with Crippen molar-refractivity contribution in [1.29, 1.82) is 0 Å². The lowest BCUT2D eigenvalue weighted by Gasteiger charge is -2.48. The number of nitrogens with zero attached hydrogens (tertiary/aromatic N) is 2. The van der Waals surface area contributed by atoms with E-state index in [0.29, 0.717) is 5.56 Å². The Balaban J connectivity index is 0.980. The topological polar surface area (TPSA) is 637 Å². The molecule has 11 amide bonds. The van der Waals surface area contributed by atoms with E-state index < -0.39 is 283 Å². The number of alkyl halides is 3. The number of amides is 11. The number of primary amides is 2. The number of aromatic hydroxyl groups is 3. The second-order valence-corrected chi connectivity index (χ2v) is 32.2. The number of aliphatic hydroxyl groups excluding tert-OH is 6. The molecule has 0 aliphatic carbocycles. The molecule has 47 heteroatoms. The van der Waals surface area contributed by atoms with Crippen LogP contribution in [0.1, 0.15) is 111 Å². The first-order valence-corrected chi connectivity index (χ1v) is 40.5. The van der Waals surface area contributed by atoms with Crippen LogP contribution < -0.4 is 94.8 Å². The lowest BCUT2D eigenvalue weighted by Crippen LogP contribution is -2.65. The maximum absolute atomic E-state index is 16.3. The zero-order valence-corrected chi connectivity index (χ0v) is 70.1. The molecule has 7 aliphatic heterocycles. The SMILES string of the molecule is CN[C@H](CC(C)C)C(=O)N[C@H]1C(=O)NC(CC(N)=O)C(=O)NC2C(=O)N[C@H]3C(=O)N[C@H](C(=O)N[C@@H](C(=O)NNC(N)=O)c4cc(O)cc(O)c4-c4cc3ccc4O)[C@H](O)c3ccc(c(Cl)c3)Oc3cc2cc(c3O[C@@H]2O[C@H](CO)[C@@H](O)[C@H](O)[C@H]2O[C@H]2C[C@](C)(NCCn3ccc(NC(=O)Cc4ccc(OC(F)(F)F)cc4)nc3=O)[C@H](O)[C@H](C)O2)Oc2ccc(cc2Cl)[C@H]1O. The van der Waals surface area contributed by atoms with Crippen LogP contribution in [0.25, 0.3) is 11.1 Å². The molecule has 0 radical (unpaired) electrons. The number of phenols is 3. The number of hydrazine groups is 1. The first kappa shape index (κ1) is 95.3. The summed E-state index contributed by atoms with van der Waals surface area (Å²) in [5.41, 5.74) is 9.67. The number of rotatable bonds is 21. The van der Waals surface area contributed by atoms with Gasteiger partial charge in [0, 0.05) is 48.4 Å². The number of hydrogen-bond acceptors (Lipinski definition) is 30. The average molecular weight is 1850 g/mol.